The van der Waals surface area contributed by atoms with E-state index in [1.165, 1.54) is 4.88 Å². The first-order valence-corrected chi connectivity index (χ1v) is 8.87. The summed E-state index contributed by atoms with van der Waals surface area (Å²) in [5, 5.41) is 7.66. The van der Waals surface area contributed by atoms with Crippen molar-refractivity contribution >= 4 is 17.3 Å². The summed E-state index contributed by atoms with van der Waals surface area (Å²) in [6.07, 6.45) is 1.11. The molecule has 0 bridgehead atoms. The third kappa shape index (κ3) is 7.75. The first-order valence-electron chi connectivity index (χ1n) is 8.05. The molecular weight excluding hydrogens is 296 g/mol. The maximum absolute atomic E-state index is 5.61. The average molecular weight is 327 g/mol. The molecule has 0 aliphatic rings. The summed E-state index contributed by atoms with van der Waals surface area (Å²) < 4.78 is 5.61. The molecule has 0 fully saturated rings. The van der Waals surface area contributed by atoms with Crippen LogP contribution in [0.25, 0.3) is 0 Å². The number of aryl methyl sites for hydroxylation is 2. The number of nitrogens with zero attached hydrogens (tertiary/aromatic N) is 2. The van der Waals surface area contributed by atoms with Crippen molar-refractivity contribution in [1.29, 1.82) is 0 Å². The number of guanidine groups is 1. The molecule has 0 amide bonds. The van der Waals surface area contributed by atoms with Gasteiger partial charge in [0.05, 0.1) is 23.9 Å². The molecule has 0 unspecified atom stereocenters. The zero-order chi connectivity index (χ0) is 16.4. The van der Waals surface area contributed by atoms with E-state index in [2.05, 4.69) is 41.4 Å². The number of nitrogens with one attached hydrogen (secondary N) is 2. The lowest BCUT2D eigenvalue weighted by molar-refractivity contribution is 0.128. The van der Waals surface area contributed by atoms with E-state index < -0.39 is 0 Å². The Balaban J connectivity index is 2.34. The van der Waals surface area contributed by atoms with Gasteiger partial charge < -0.3 is 15.4 Å². The Morgan fingerprint density at radius 2 is 2.05 bits per heavy atom. The zero-order valence-electron chi connectivity index (χ0n) is 14.5. The van der Waals surface area contributed by atoms with Gasteiger partial charge in [-0.25, -0.2) is 9.98 Å². The van der Waals surface area contributed by atoms with E-state index in [9.17, 15) is 0 Å². The molecule has 0 aliphatic heterocycles. The van der Waals surface area contributed by atoms with Crippen LogP contribution in [0.15, 0.2) is 4.99 Å². The minimum atomic E-state index is 0.668. The second kappa shape index (κ2) is 10.6. The average Bonchev–Trinajstić information content (AvgIpc) is 2.77. The minimum absolute atomic E-state index is 0.668. The van der Waals surface area contributed by atoms with E-state index in [1.807, 2.05) is 13.8 Å². The Morgan fingerprint density at radius 1 is 1.27 bits per heavy atom. The first-order chi connectivity index (χ1) is 10.5. The second-order valence-corrected chi connectivity index (χ2v) is 6.95. The van der Waals surface area contributed by atoms with E-state index in [1.54, 1.807) is 11.3 Å². The molecular formula is C16H30N4OS. The van der Waals surface area contributed by atoms with Crippen molar-refractivity contribution in [3.63, 3.8) is 0 Å². The highest BCUT2D eigenvalue weighted by molar-refractivity contribution is 7.11. The Morgan fingerprint density at radius 3 is 2.64 bits per heavy atom. The molecule has 22 heavy (non-hydrogen) atoms. The van der Waals surface area contributed by atoms with Crippen molar-refractivity contribution in [3.05, 3.63) is 15.6 Å². The van der Waals surface area contributed by atoms with Crippen molar-refractivity contribution in [2.45, 2.75) is 47.6 Å². The molecule has 1 aromatic heterocycles. The monoisotopic (exact) mass is 326 g/mol. The maximum Gasteiger partial charge on any atom is 0.191 e. The van der Waals surface area contributed by atoms with Gasteiger partial charge in [0.2, 0.25) is 0 Å². The van der Waals surface area contributed by atoms with Crippen LogP contribution in [0, 0.1) is 19.8 Å². The highest BCUT2D eigenvalue weighted by Gasteiger charge is 2.04. The summed E-state index contributed by atoms with van der Waals surface area (Å²) in [6.45, 7) is 14.4. The molecule has 1 aromatic rings. The number of hydrogen-bond acceptors (Lipinski definition) is 4. The van der Waals surface area contributed by atoms with Gasteiger partial charge in [-0.15, -0.1) is 11.3 Å². The molecule has 0 aliphatic carbocycles. The SMILES string of the molecule is CCNC(=NCc1sc(C)nc1C)NCCOCCC(C)C. The lowest BCUT2D eigenvalue weighted by Crippen LogP contribution is -2.39. The maximum atomic E-state index is 5.61. The number of rotatable bonds is 9. The van der Waals surface area contributed by atoms with Gasteiger partial charge in [-0.3, -0.25) is 0 Å². The van der Waals surface area contributed by atoms with Crippen LogP contribution in [0.4, 0.5) is 0 Å². The van der Waals surface area contributed by atoms with Crippen molar-refractivity contribution in [2.24, 2.45) is 10.9 Å². The lowest BCUT2D eigenvalue weighted by Gasteiger charge is -2.11. The number of aliphatic imine (C=N–C) groups is 1. The van der Waals surface area contributed by atoms with Gasteiger partial charge in [0, 0.05) is 24.6 Å². The van der Waals surface area contributed by atoms with Crippen molar-refractivity contribution in [3.8, 4) is 0 Å². The second-order valence-electron chi connectivity index (χ2n) is 5.66. The van der Waals surface area contributed by atoms with E-state index in [-0.39, 0.29) is 0 Å². The summed E-state index contributed by atoms with van der Waals surface area (Å²) in [5.74, 6) is 1.53. The fraction of sp³-hybridized carbons (Fsp3) is 0.750. The van der Waals surface area contributed by atoms with E-state index in [0.29, 0.717) is 19.1 Å². The summed E-state index contributed by atoms with van der Waals surface area (Å²) in [4.78, 5) is 10.3. The van der Waals surface area contributed by atoms with Crippen LogP contribution >= 0.6 is 11.3 Å². The molecule has 0 radical (unpaired) electrons. The lowest BCUT2D eigenvalue weighted by atomic mass is 10.1. The van der Waals surface area contributed by atoms with E-state index in [4.69, 9.17) is 4.74 Å². The molecule has 0 saturated heterocycles. The number of aromatic nitrogens is 1. The molecule has 2 N–H and O–H groups in total. The Kier molecular flexibility index (Phi) is 9.08. The normalized spacial score (nSPS) is 12.0. The van der Waals surface area contributed by atoms with Crippen LogP contribution in [-0.2, 0) is 11.3 Å². The molecule has 0 spiro atoms. The largest absolute Gasteiger partial charge is 0.380 e. The molecule has 1 heterocycles. The molecule has 6 heteroatoms. The van der Waals surface area contributed by atoms with Crippen LogP contribution in [0.1, 0.15) is 42.8 Å². The van der Waals surface area contributed by atoms with Crippen LogP contribution in [0.5, 0.6) is 0 Å². The van der Waals surface area contributed by atoms with E-state index >= 15 is 0 Å². The highest BCUT2D eigenvalue weighted by atomic mass is 32.1. The summed E-state index contributed by atoms with van der Waals surface area (Å²) in [6, 6.07) is 0. The Bertz CT molecular complexity index is 457. The third-order valence-corrected chi connectivity index (χ3v) is 4.16. The molecule has 126 valence electrons. The van der Waals surface area contributed by atoms with Crippen molar-refractivity contribution < 1.29 is 4.74 Å². The van der Waals surface area contributed by atoms with Crippen LogP contribution in [-0.4, -0.2) is 37.2 Å². The van der Waals surface area contributed by atoms with Gasteiger partial charge in [-0.1, -0.05) is 13.8 Å². The minimum Gasteiger partial charge on any atom is -0.380 e. The molecule has 0 saturated carbocycles. The summed E-state index contributed by atoms with van der Waals surface area (Å²) in [7, 11) is 0. The van der Waals surface area contributed by atoms with Gasteiger partial charge in [0.1, 0.15) is 0 Å². The van der Waals surface area contributed by atoms with Crippen LogP contribution < -0.4 is 10.6 Å². The topological polar surface area (TPSA) is 58.5 Å². The summed E-state index contributed by atoms with van der Waals surface area (Å²) >= 11 is 1.71. The van der Waals surface area contributed by atoms with Crippen molar-refractivity contribution in [1.82, 2.24) is 15.6 Å². The zero-order valence-corrected chi connectivity index (χ0v) is 15.3. The molecule has 5 nitrogen and oxygen atoms in total. The fourth-order valence-electron chi connectivity index (χ4n) is 1.88. The standard InChI is InChI=1S/C16H30N4OS/c1-6-17-16(18-8-10-21-9-7-12(2)3)19-11-15-13(4)20-14(5)22-15/h12H,6-11H2,1-5H3,(H2,17,18,19). The number of hydrogen-bond donors (Lipinski definition) is 2. The predicted octanol–water partition coefficient (Wildman–Crippen LogP) is 2.88. The van der Waals surface area contributed by atoms with E-state index in [0.717, 1.165) is 42.8 Å². The first kappa shape index (κ1) is 18.9. The van der Waals surface area contributed by atoms with Gasteiger partial charge >= 0.3 is 0 Å². The Hall–Kier alpha value is -1.14. The third-order valence-electron chi connectivity index (χ3n) is 3.10. The highest BCUT2D eigenvalue weighted by Crippen LogP contribution is 2.17. The van der Waals surface area contributed by atoms with Gasteiger partial charge in [-0.05, 0) is 33.1 Å². The van der Waals surface area contributed by atoms with Crippen LogP contribution in [0.3, 0.4) is 0 Å². The Labute approximate surface area is 138 Å². The van der Waals surface area contributed by atoms with Gasteiger partial charge in [0.25, 0.3) is 0 Å². The fourth-order valence-corrected chi connectivity index (χ4v) is 2.74. The molecule has 0 atom stereocenters. The van der Waals surface area contributed by atoms with Crippen molar-refractivity contribution in [2.75, 3.05) is 26.3 Å². The predicted molar refractivity (Wildman–Crippen MR) is 94.7 cm³/mol. The van der Waals surface area contributed by atoms with Crippen LogP contribution in [0.2, 0.25) is 0 Å². The number of thiazole rings is 1. The molecule has 0 aromatic carbocycles. The summed E-state index contributed by atoms with van der Waals surface area (Å²) in [5.41, 5.74) is 1.08. The van der Waals surface area contributed by atoms with Gasteiger partial charge in [-0.2, -0.15) is 0 Å². The number of ether oxygens (including phenoxy) is 1. The van der Waals surface area contributed by atoms with Gasteiger partial charge in [0.15, 0.2) is 5.96 Å². The molecule has 1 rings (SSSR count). The quantitative estimate of drug-likeness (QED) is 0.416. The smallest absolute Gasteiger partial charge is 0.191 e.